The third-order valence-electron chi connectivity index (χ3n) is 3.82. The van der Waals surface area contributed by atoms with E-state index in [4.69, 9.17) is 18.0 Å². The number of phenolic OH excluding ortho intramolecular Hbond substituents is 1. The molecule has 0 saturated carbocycles. The number of fused-ring (bicyclic) bond motifs is 1. The summed E-state index contributed by atoms with van der Waals surface area (Å²) >= 11 is 0. The molecule has 0 unspecified atom stereocenters. The summed E-state index contributed by atoms with van der Waals surface area (Å²) in [4.78, 5) is 12.8. The van der Waals surface area contributed by atoms with Crippen LogP contribution in [0, 0.1) is 0 Å². The van der Waals surface area contributed by atoms with Crippen molar-refractivity contribution in [2.24, 2.45) is 0 Å². The van der Waals surface area contributed by atoms with Crippen LogP contribution in [0.3, 0.4) is 0 Å². The Labute approximate surface area is 168 Å². The van der Waals surface area contributed by atoms with Crippen molar-refractivity contribution in [2.45, 2.75) is 39.9 Å². The number of phenols is 1. The second kappa shape index (κ2) is 8.41. The fourth-order valence-electron chi connectivity index (χ4n) is 2.72. The maximum atomic E-state index is 12.9. The van der Waals surface area contributed by atoms with Gasteiger partial charge in [0.2, 0.25) is 0 Å². The molecule has 0 aliphatic carbocycles. The minimum atomic E-state index is -3.85. The van der Waals surface area contributed by atoms with E-state index in [1.54, 1.807) is 39.8 Å². The van der Waals surface area contributed by atoms with Crippen molar-refractivity contribution in [1.29, 1.82) is 0 Å². The lowest BCUT2D eigenvalue weighted by atomic mass is 10.1. The zero-order valence-electron chi connectivity index (χ0n) is 16.6. The lowest BCUT2D eigenvalue weighted by Crippen LogP contribution is -2.11. The topological polar surface area (TPSA) is 95.2 Å². The van der Waals surface area contributed by atoms with Crippen molar-refractivity contribution in [3.63, 3.8) is 0 Å². The van der Waals surface area contributed by atoms with Gasteiger partial charge in [-0.05, 0) is 57.5 Å². The predicted octanol–water partition coefficient (Wildman–Crippen LogP) is 5.50. The number of phosphoric ester groups is 1. The molecular formula is C21H23O7P. The van der Waals surface area contributed by atoms with Gasteiger partial charge in [0.1, 0.15) is 23.3 Å². The van der Waals surface area contributed by atoms with E-state index in [2.05, 4.69) is 0 Å². The minimum absolute atomic E-state index is 0.109. The van der Waals surface area contributed by atoms with E-state index in [-0.39, 0.29) is 34.7 Å². The average molecular weight is 418 g/mol. The summed E-state index contributed by atoms with van der Waals surface area (Å²) in [5.41, 5.74) is 1.03. The molecule has 29 heavy (non-hydrogen) atoms. The Kier molecular flexibility index (Phi) is 6.13. The van der Waals surface area contributed by atoms with E-state index in [1.165, 1.54) is 36.6 Å². The molecule has 0 radical (unpaired) electrons. The van der Waals surface area contributed by atoms with Crippen LogP contribution in [0.2, 0.25) is 0 Å². The molecule has 0 saturated heterocycles. The lowest BCUT2D eigenvalue weighted by Gasteiger charge is -2.22. The third kappa shape index (κ3) is 5.07. The van der Waals surface area contributed by atoms with Crippen LogP contribution >= 0.6 is 7.82 Å². The van der Waals surface area contributed by atoms with Crippen LogP contribution in [0.5, 0.6) is 11.5 Å². The van der Waals surface area contributed by atoms with Gasteiger partial charge in [-0.1, -0.05) is 12.1 Å². The molecular weight excluding hydrogens is 395 g/mol. The molecule has 2 aromatic carbocycles. The summed E-state index contributed by atoms with van der Waals surface area (Å²) in [6, 6.07) is 10.8. The van der Waals surface area contributed by atoms with Crippen molar-refractivity contribution in [2.75, 3.05) is 0 Å². The smallest absolute Gasteiger partial charge is 0.508 e. The Bertz CT molecular complexity index is 1090. The normalized spacial score (nSPS) is 12.1. The molecule has 8 heteroatoms. The summed E-state index contributed by atoms with van der Waals surface area (Å²) in [5, 5.41) is 9.76. The van der Waals surface area contributed by atoms with Crippen LogP contribution in [-0.2, 0) is 13.6 Å². The first-order valence-corrected chi connectivity index (χ1v) is 10.6. The number of hydrogen-bond donors (Lipinski definition) is 1. The fraction of sp³-hybridized carbons (Fsp3) is 0.286. The maximum Gasteiger partial charge on any atom is 0.530 e. The van der Waals surface area contributed by atoms with Gasteiger partial charge in [0.05, 0.1) is 23.2 Å². The van der Waals surface area contributed by atoms with Crippen molar-refractivity contribution < 1.29 is 27.7 Å². The van der Waals surface area contributed by atoms with E-state index in [0.29, 0.717) is 16.5 Å². The molecule has 0 atom stereocenters. The highest BCUT2D eigenvalue weighted by Crippen LogP contribution is 2.51. The van der Waals surface area contributed by atoms with E-state index in [1.807, 2.05) is 0 Å². The number of rotatable bonds is 7. The molecule has 3 aromatic rings. The van der Waals surface area contributed by atoms with Gasteiger partial charge in [-0.15, -0.1) is 0 Å². The zero-order valence-corrected chi connectivity index (χ0v) is 17.5. The summed E-state index contributed by atoms with van der Waals surface area (Å²) in [5.74, 6) is 0.306. The Balaban J connectivity index is 1.96. The zero-order chi connectivity index (χ0) is 21.2. The predicted molar refractivity (Wildman–Crippen MR) is 110 cm³/mol. The summed E-state index contributed by atoms with van der Waals surface area (Å²) in [6.07, 6.45) is 0.604. The molecule has 1 heterocycles. The molecule has 0 amide bonds. The van der Waals surface area contributed by atoms with Gasteiger partial charge in [0.25, 0.3) is 0 Å². The standard InChI is InChI=1S/C21H23O7P/c1-13(2)26-29(24,27-14(3)4)28-17-9-10-18-20(11-17)25-12-19(21(18)23)15-5-7-16(22)8-6-15/h5-14,22H,1-4H3. The molecule has 0 bridgehead atoms. The molecule has 0 aliphatic heterocycles. The number of aromatic hydroxyl groups is 1. The molecule has 3 rings (SSSR count). The van der Waals surface area contributed by atoms with Crippen LogP contribution in [-0.4, -0.2) is 17.3 Å². The molecule has 0 aliphatic rings. The van der Waals surface area contributed by atoms with Gasteiger partial charge in [0.15, 0.2) is 5.43 Å². The Morgan fingerprint density at radius 1 is 0.966 bits per heavy atom. The molecule has 1 N–H and O–H groups in total. The maximum absolute atomic E-state index is 12.9. The quantitative estimate of drug-likeness (QED) is 0.506. The first-order chi connectivity index (χ1) is 13.7. The number of phosphoric acid groups is 1. The van der Waals surface area contributed by atoms with Crippen LogP contribution in [0.1, 0.15) is 27.7 Å². The van der Waals surface area contributed by atoms with Crippen molar-refractivity contribution >= 4 is 18.8 Å². The summed E-state index contributed by atoms with van der Waals surface area (Å²) < 4.78 is 34.8. The highest BCUT2D eigenvalue weighted by atomic mass is 31.2. The highest BCUT2D eigenvalue weighted by molar-refractivity contribution is 7.49. The first-order valence-electron chi connectivity index (χ1n) is 9.18. The van der Waals surface area contributed by atoms with Gasteiger partial charge in [-0.3, -0.25) is 13.8 Å². The van der Waals surface area contributed by atoms with Gasteiger partial charge < -0.3 is 14.0 Å². The van der Waals surface area contributed by atoms with Crippen LogP contribution < -0.4 is 9.95 Å². The third-order valence-corrected chi connectivity index (χ3v) is 5.62. The van der Waals surface area contributed by atoms with Crippen molar-refractivity contribution in [1.82, 2.24) is 0 Å². The summed E-state index contributed by atoms with van der Waals surface area (Å²) in [6.45, 7) is 6.90. The largest absolute Gasteiger partial charge is 0.530 e. The molecule has 0 spiro atoms. The average Bonchev–Trinajstić information content (AvgIpc) is 2.61. The van der Waals surface area contributed by atoms with Crippen molar-refractivity contribution in [3.8, 4) is 22.6 Å². The Morgan fingerprint density at radius 2 is 1.59 bits per heavy atom. The highest BCUT2D eigenvalue weighted by Gasteiger charge is 2.31. The molecule has 0 fully saturated rings. The van der Waals surface area contributed by atoms with Gasteiger partial charge in [-0.25, -0.2) is 4.57 Å². The van der Waals surface area contributed by atoms with E-state index < -0.39 is 7.82 Å². The number of hydrogen-bond acceptors (Lipinski definition) is 7. The minimum Gasteiger partial charge on any atom is -0.508 e. The fourth-order valence-corrected chi connectivity index (χ4v) is 4.26. The van der Waals surface area contributed by atoms with Crippen LogP contribution in [0.25, 0.3) is 22.1 Å². The Morgan fingerprint density at radius 3 is 2.17 bits per heavy atom. The molecule has 154 valence electrons. The summed E-state index contributed by atoms with van der Waals surface area (Å²) in [7, 11) is -3.85. The second-order valence-corrected chi connectivity index (χ2v) is 8.53. The first kappa shape index (κ1) is 21.1. The van der Waals surface area contributed by atoms with E-state index in [9.17, 15) is 14.5 Å². The second-order valence-electron chi connectivity index (χ2n) is 7.03. The lowest BCUT2D eigenvalue weighted by molar-refractivity contribution is 0.103. The monoisotopic (exact) mass is 418 g/mol. The van der Waals surface area contributed by atoms with Crippen LogP contribution in [0.15, 0.2) is 57.9 Å². The van der Waals surface area contributed by atoms with Gasteiger partial charge in [0, 0.05) is 6.07 Å². The van der Waals surface area contributed by atoms with Crippen LogP contribution in [0.4, 0.5) is 0 Å². The SMILES string of the molecule is CC(C)OP(=O)(Oc1ccc2c(=O)c(-c3ccc(O)cc3)coc2c1)OC(C)C. The van der Waals surface area contributed by atoms with E-state index in [0.717, 1.165) is 0 Å². The van der Waals surface area contributed by atoms with E-state index >= 15 is 0 Å². The Hall–Kier alpha value is -2.60. The van der Waals surface area contributed by atoms with Crippen molar-refractivity contribution in [3.05, 3.63) is 59.0 Å². The van der Waals surface area contributed by atoms with Gasteiger partial charge in [-0.2, -0.15) is 0 Å². The molecule has 1 aromatic heterocycles. The van der Waals surface area contributed by atoms with Gasteiger partial charge >= 0.3 is 7.82 Å². The molecule has 7 nitrogen and oxygen atoms in total. The number of benzene rings is 2.